The average Bonchev–Trinajstić information content (AvgIpc) is 2.63. The van der Waals surface area contributed by atoms with Gasteiger partial charge < -0.3 is 15.0 Å². The number of hydrogen-bond acceptors (Lipinski definition) is 3. The van der Waals surface area contributed by atoms with Crippen LogP contribution in [0.4, 0.5) is 4.79 Å². The summed E-state index contributed by atoms with van der Waals surface area (Å²) < 4.78 is 6.98. The van der Waals surface area contributed by atoms with Crippen molar-refractivity contribution in [1.29, 1.82) is 0 Å². The Morgan fingerprint density at radius 1 is 1.71 bits per heavy atom. The van der Waals surface area contributed by atoms with Crippen LogP contribution in [0, 0.1) is 0 Å². The number of carbonyl (C=O) groups excluding carboxylic acids is 1. The van der Waals surface area contributed by atoms with E-state index in [0.717, 1.165) is 25.1 Å². The minimum atomic E-state index is -0.730. The third-order valence-electron chi connectivity index (χ3n) is 2.43. The van der Waals surface area contributed by atoms with Gasteiger partial charge in [0.15, 0.2) is 0 Å². The summed E-state index contributed by atoms with van der Waals surface area (Å²) >= 11 is 0. The second kappa shape index (κ2) is 5.52. The van der Waals surface area contributed by atoms with E-state index >= 15 is 0 Å². The molecular weight excluding hydrogens is 218 g/mol. The lowest BCUT2D eigenvalue weighted by Crippen LogP contribution is -2.31. The number of amides is 1. The van der Waals surface area contributed by atoms with Gasteiger partial charge >= 0.3 is 6.09 Å². The van der Waals surface area contributed by atoms with Crippen LogP contribution in [0.5, 0.6) is 0 Å². The summed E-state index contributed by atoms with van der Waals surface area (Å²) in [6, 6.07) is 0. The van der Waals surface area contributed by atoms with Crippen LogP contribution in [0.1, 0.15) is 32.4 Å². The number of imidazole rings is 1. The van der Waals surface area contributed by atoms with Crippen molar-refractivity contribution in [3.05, 3.63) is 24.8 Å². The second-order valence-corrected chi connectivity index (χ2v) is 4.52. The maximum atomic E-state index is 10.7. The fourth-order valence-electron chi connectivity index (χ4n) is 1.62. The van der Waals surface area contributed by atoms with E-state index in [0.29, 0.717) is 0 Å². The molecule has 0 aromatic carbocycles. The predicted octanol–water partition coefficient (Wildman–Crippen LogP) is 2.18. The molecule has 0 saturated carbocycles. The number of aromatic nitrogens is 2. The average molecular weight is 237 g/mol. The molecule has 1 aromatic heterocycles. The Balaban J connectivity index is 2.36. The zero-order valence-corrected chi connectivity index (χ0v) is 10.3. The molecule has 1 rings (SSSR count). The summed E-state index contributed by atoms with van der Waals surface area (Å²) in [5.74, 6) is 0. The highest BCUT2D eigenvalue weighted by molar-refractivity contribution is 5.65. The summed E-state index contributed by atoms with van der Waals surface area (Å²) in [7, 11) is 0. The van der Waals surface area contributed by atoms with Crippen molar-refractivity contribution in [1.82, 2.24) is 9.55 Å². The molecular formula is C12H19N3O2. The van der Waals surface area contributed by atoms with Crippen molar-refractivity contribution in [3.8, 4) is 0 Å². The van der Waals surface area contributed by atoms with Gasteiger partial charge in [0.2, 0.25) is 0 Å². The zero-order valence-electron chi connectivity index (χ0n) is 10.3. The van der Waals surface area contributed by atoms with Crippen LogP contribution < -0.4 is 5.73 Å². The fourth-order valence-corrected chi connectivity index (χ4v) is 1.62. The Kier molecular flexibility index (Phi) is 4.31. The molecule has 94 valence electrons. The van der Waals surface area contributed by atoms with E-state index in [1.807, 2.05) is 24.6 Å². The lowest BCUT2D eigenvalue weighted by atomic mass is 10.0. The highest BCUT2D eigenvalue weighted by atomic mass is 16.6. The van der Waals surface area contributed by atoms with Gasteiger partial charge in [0.1, 0.15) is 5.60 Å². The molecule has 1 aromatic rings. The fraction of sp³-hybridized carbons (Fsp3) is 0.500. The van der Waals surface area contributed by atoms with E-state index in [1.54, 1.807) is 12.4 Å². The Morgan fingerprint density at radius 2 is 2.41 bits per heavy atom. The number of primary amides is 1. The minimum Gasteiger partial charge on any atom is -0.444 e. The summed E-state index contributed by atoms with van der Waals surface area (Å²) in [5, 5.41) is 0. The molecule has 0 bridgehead atoms. The zero-order chi connectivity index (χ0) is 12.9. The van der Waals surface area contributed by atoms with Gasteiger partial charge in [0.25, 0.3) is 0 Å². The summed E-state index contributed by atoms with van der Waals surface area (Å²) in [4.78, 5) is 14.8. The third-order valence-corrected chi connectivity index (χ3v) is 2.43. The summed E-state index contributed by atoms with van der Waals surface area (Å²) in [6.07, 6.45) is 6.29. The van der Waals surface area contributed by atoms with Crippen LogP contribution in [0.3, 0.4) is 0 Å². The number of aryl methyl sites for hydroxylation is 1. The van der Waals surface area contributed by atoms with Crippen LogP contribution in [0.15, 0.2) is 19.1 Å². The van der Waals surface area contributed by atoms with Crippen LogP contribution in [0.2, 0.25) is 0 Å². The topological polar surface area (TPSA) is 70.1 Å². The van der Waals surface area contributed by atoms with Crippen LogP contribution in [0.25, 0.3) is 6.08 Å². The Bertz CT molecular complexity index is 396. The molecule has 5 nitrogen and oxygen atoms in total. The number of ether oxygens (including phenoxy) is 1. The molecule has 0 fully saturated rings. The first kappa shape index (κ1) is 13.3. The van der Waals surface area contributed by atoms with Gasteiger partial charge in [-0.1, -0.05) is 6.58 Å². The van der Waals surface area contributed by atoms with Crippen molar-refractivity contribution in [2.45, 2.75) is 38.8 Å². The molecule has 17 heavy (non-hydrogen) atoms. The molecule has 5 heteroatoms. The number of rotatable bonds is 6. The molecule has 0 aliphatic carbocycles. The van der Waals surface area contributed by atoms with Gasteiger partial charge in [-0.3, -0.25) is 0 Å². The van der Waals surface area contributed by atoms with Crippen LogP contribution >= 0.6 is 0 Å². The number of carbonyl (C=O) groups is 1. The Morgan fingerprint density at radius 3 is 2.94 bits per heavy atom. The Hall–Kier alpha value is -1.78. The first-order chi connectivity index (χ1) is 7.93. The van der Waals surface area contributed by atoms with Crippen LogP contribution in [-0.4, -0.2) is 21.2 Å². The number of nitrogens with two attached hydrogens (primary N) is 1. The lowest BCUT2D eigenvalue weighted by molar-refractivity contribution is 0.0369. The maximum absolute atomic E-state index is 10.7. The van der Waals surface area contributed by atoms with E-state index in [-0.39, 0.29) is 0 Å². The molecule has 1 amide bonds. The van der Waals surface area contributed by atoms with E-state index in [9.17, 15) is 4.79 Å². The molecule has 0 unspecified atom stereocenters. The van der Waals surface area contributed by atoms with Crippen molar-refractivity contribution in [2.24, 2.45) is 5.73 Å². The quantitative estimate of drug-likeness (QED) is 0.824. The van der Waals surface area contributed by atoms with Gasteiger partial charge in [0, 0.05) is 12.7 Å². The van der Waals surface area contributed by atoms with Crippen molar-refractivity contribution < 1.29 is 9.53 Å². The van der Waals surface area contributed by atoms with E-state index in [2.05, 4.69) is 11.6 Å². The van der Waals surface area contributed by atoms with Crippen molar-refractivity contribution in [2.75, 3.05) is 0 Å². The molecule has 1 heterocycles. The first-order valence-corrected chi connectivity index (χ1v) is 5.55. The number of nitrogens with zero attached hydrogens (tertiary/aromatic N) is 2. The Labute approximate surface area is 101 Å². The first-order valence-electron chi connectivity index (χ1n) is 5.55. The second-order valence-electron chi connectivity index (χ2n) is 4.52. The van der Waals surface area contributed by atoms with Gasteiger partial charge in [0.05, 0.1) is 12.0 Å². The summed E-state index contributed by atoms with van der Waals surface area (Å²) in [6.45, 7) is 8.17. The third kappa shape index (κ3) is 4.72. The largest absolute Gasteiger partial charge is 0.444 e. The molecule has 0 atom stereocenters. The minimum absolute atomic E-state index is 0.520. The SMILES string of the molecule is C=Cc1cn(CCCC(C)(C)OC(N)=O)cn1. The van der Waals surface area contributed by atoms with E-state index < -0.39 is 11.7 Å². The van der Waals surface area contributed by atoms with Crippen molar-refractivity contribution in [3.63, 3.8) is 0 Å². The highest BCUT2D eigenvalue weighted by Gasteiger charge is 2.20. The van der Waals surface area contributed by atoms with Crippen LogP contribution in [-0.2, 0) is 11.3 Å². The normalized spacial score (nSPS) is 11.2. The van der Waals surface area contributed by atoms with Gasteiger partial charge in [-0.05, 0) is 32.8 Å². The summed E-state index contributed by atoms with van der Waals surface area (Å²) in [5.41, 5.74) is 5.33. The van der Waals surface area contributed by atoms with E-state index in [1.165, 1.54) is 0 Å². The van der Waals surface area contributed by atoms with Crippen molar-refractivity contribution >= 4 is 12.2 Å². The van der Waals surface area contributed by atoms with E-state index in [4.69, 9.17) is 10.5 Å². The molecule has 0 aliphatic heterocycles. The molecule has 2 N–H and O–H groups in total. The maximum Gasteiger partial charge on any atom is 0.405 e. The van der Waals surface area contributed by atoms with Gasteiger partial charge in [-0.25, -0.2) is 9.78 Å². The smallest absolute Gasteiger partial charge is 0.405 e. The standard InChI is InChI=1S/C12H19N3O2/c1-4-10-8-15(9-14-10)7-5-6-12(2,3)17-11(13)16/h4,8-9H,1,5-7H2,2-3H3,(H2,13,16). The van der Waals surface area contributed by atoms with Gasteiger partial charge in [-0.2, -0.15) is 0 Å². The highest BCUT2D eigenvalue weighted by Crippen LogP contribution is 2.17. The monoisotopic (exact) mass is 237 g/mol. The lowest BCUT2D eigenvalue weighted by Gasteiger charge is -2.23. The molecule has 0 aliphatic rings. The molecule has 0 spiro atoms. The molecule has 0 saturated heterocycles. The molecule has 0 radical (unpaired) electrons. The predicted molar refractivity (Wildman–Crippen MR) is 66.3 cm³/mol. The van der Waals surface area contributed by atoms with Gasteiger partial charge in [-0.15, -0.1) is 0 Å². The number of hydrogen-bond donors (Lipinski definition) is 1.